The molecule has 0 bridgehead atoms. The van der Waals surface area contributed by atoms with E-state index in [2.05, 4.69) is 16.4 Å². The van der Waals surface area contributed by atoms with Crippen molar-refractivity contribution in [1.82, 2.24) is 15.2 Å². The number of nitrogens with one attached hydrogen (secondary N) is 1. The smallest absolute Gasteiger partial charge is 0.475 e. The van der Waals surface area contributed by atoms with Crippen molar-refractivity contribution < 1.29 is 27.9 Å². The summed E-state index contributed by atoms with van der Waals surface area (Å²) in [7, 11) is 0. The van der Waals surface area contributed by atoms with Gasteiger partial charge in [0.1, 0.15) is 0 Å². The molecule has 11 heteroatoms. The molecule has 1 aliphatic carbocycles. The Balaban J connectivity index is 0.000000298. The number of carboxylic acids is 1. The van der Waals surface area contributed by atoms with Gasteiger partial charge in [0.15, 0.2) is 0 Å². The summed E-state index contributed by atoms with van der Waals surface area (Å²) in [6.07, 6.45) is 1.46. The van der Waals surface area contributed by atoms with Gasteiger partial charge in [0.05, 0.1) is 16.9 Å². The predicted molar refractivity (Wildman–Crippen MR) is 103 cm³/mol. The zero-order valence-corrected chi connectivity index (χ0v) is 16.9. The predicted octanol–water partition coefficient (Wildman–Crippen LogP) is 4.07. The van der Waals surface area contributed by atoms with Gasteiger partial charge in [-0.25, -0.2) is 4.79 Å². The molecule has 6 nitrogen and oxygen atoms in total. The fourth-order valence-corrected chi connectivity index (χ4v) is 4.63. The molecule has 4 rings (SSSR count). The van der Waals surface area contributed by atoms with Gasteiger partial charge in [-0.05, 0) is 44.4 Å². The number of carbonyl (C=O) groups excluding carboxylic acids is 1. The van der Waals surface area contributed by atoms with Gasteiger partial charge in [0.25, 0.3) is 5.91 Å². The van der Waals surface area contributed by atoms with Crippen molar-refractivity contribution in [1.29, 1.82) is 0 Å². The number of hydrogen-bond donors (Lipinski definition) is 2. The molecule has 1 amide bonds. The van der Waals surface area contributed by atoms with Gasteiger partial charge < -0.3 is 15.3 Å². The zero-order chi connectivity index (χ0) is 21.0. The van der Waals surface area contributed by atoms with Gasteiger partial charge in [0.2, 0.25) is 0 Å². The van der Waals surface area contributed by atoms with E-state index in [0.29, 0.717) is 18.6 Å². The first-order valence-electron chi connectivity index (χ1n) is 9.07. The third-order valence-electron chi connectivity index (χ3n) is 4.54. The number of halogens is 3. The third kappa shape index (κ3) is 6.00. The van der Waals surface area contributed by atoms with Gasteiger partial charge in [-0.15, -0.1) is 22.7 Å². The summed E-state index contributed by atoms with van der Waals surface area (Å²) >= 11 is 3.28. The summed E-state index contributed by atoms with van der Waals surface area (Å²) in [4.78, 5) is 31.3. The number of hydrogen-bond acceptors (Lipinski definition) is 6. The molecule has 2 aliphatic rings. The third-order valence-corrected chi connectivity index (χ3v) is 6.49. The van der Waals surface area contributed by atoms with Crippen LogP contribution in [0.25, 0.3) is 0 Å². The summed E-state index contributed by atoms with van der Waals surface area (Å²) in [5, 5.41) is 10.6. The van der Waals surface area contributed by atoms with Crippen molar-refractivity contribution in [2.24, 2.45) is 0 Å². The van der Waals surface area contributed by atoms with E-state index >= 15 is 0 Å². The zero-order valence-electron chi connectivity index (χ0n) is 15.3. The lowest BCUT2D eigenvalue weighted by Gasteiger charge is -2.20. The Morgan fingerprint density at radius 1 is 1.28 bits per heavy atom. The van der Waals surface area contributed by atoms with E-state index in [4.69, 9.17) is 9.90 Å². The van der Waals surface area contributed by atoms with E-state index in [-0.39, 0.29) is 5.91 Å². The van der Waals surface area contributed by atoms with Crippen LogP contribution >= 0.6 is 22.7 Å². The van der Waals surface area contributed by atoms with Crippen LogP contribution in [-0.2, 0) is 11.3 Å². The average molecular weight is 448 g/mol. The SMILES string of the molecule is O=C(O)C(F)(F)F.O=C(c1ccc(C2CCCN2)s1)N(Cc1cncs1)C1CC1. The minimum atomic E-state index is -5.08. The van der Waals surface area contributed by atoms with Crippen LogP contribution in [0.2, 0.25) is 0 Å². The second kappa shape index (κ2) is 9.23. The highest BCUT2D eigenvalue weighted by molar-refractivity contribution is 7.14. The summed E-state index contributed by atoms with van der Waals surface area (Å²) in [6.45, 7) is 1.79. The van der Waals surface area contributed by atoms with Crippen LogP contribution in [0.1, 0.15) is 51.2 Å². The summed E-state index contributed by atoms with van der Waals surface area (Å²) in [6, 6.07) is 5.00. The molecule has 29 heavy (non-hydrogen) atoms. The molecule has 1 aliphatic heterocycles. The molecular formula is C18H20F3N3O3S2. The monoisotopic (exact) mass is 447 g/mol. The second-order valence-corrected chi connectivity index (χ2v) is 8.87. The van der Waals surface area contributed by atoms with Crippen LogP contribution in [-0.4, -0.2) is 45.6 Å². The number of thiophene rings is 1. The van der Waals surface area contributed by atoms with Crippen LogP contribution in [0, 0.1) is 0 Å². The van der Waals surface area contributed by atoms with E-state index in [1.807, 2.05) is 22.7 Å². The molecular weight excluding hydrogens is 427 g/mol. The average Bonchev–Trinajstić information content (AvgIpc) is 3.13. The van der Waals surface area contributed by atoms with E-state index in [1.165, 1.54) is 17.7 Å². The molecule has 3 heterocycles. The topological polar surface area (TPSA) is 82.5 Å². The lowest BCUT2D eigenvalue weighted by molar-refractivity contribution is -0.192. The second-order valence-electron chi connectivity index (χ2n) is 6.79. The van der Waals surface area contributed by atoms with E-state index < -0.39 is 12.1 Å². The quantitative estimate of drug-likeness (QED) is 0.722. The number of aliphatic carboxylic acids is 1. The number of thiazole rings is 1. The van der Waals surface area contributed by atoms with Crippen molar-refractivity contribution in [3.63, 3.8) is 0 Å². The Morgan fingerprint density at radius 2 is 2.00 bits per heavy atom. The van der Waals surface area contributed by atoms with Crippen molar-refractivity contribution >= 4 is 34.6 Å². The van der Waals surface area contributed by atoms with Crippen molar-refractivity contribution in [3.8, 4) is 0 Å². The number of nitrogens with zero attached hydrogens (tertiary/aromatic N) is 2. The van der Waals surface area contributed by atoms with E-state index in [9.17, 15) is 18.0 Å². The molecule has 1 saturated carbocycles. The number of amides is 1. The van der Waals surface area contributed by atoms with Gasteiger partial charge in [-0.2, -0.15) is 13.2 Å². The maximum atomic E-state index is 12.9. The Labute approximate surface area is 173 Å². The fourth-order valence-electron chi connectivity index (χ4n) is 2.97. The lowest BCUT2D eigenvalue weighted by Crippen LogP contribution is -2.31. The molecule has 0 spiro atoms. The van der Waals surface area contributed by atoms with E-state index in [0.717, 1.165) is 29.1 Å². The van der Waals surface area contributed by atoms with Gasteiger partial charge in [-0.1, -0.05) is 0 Å². The number of alkyl halides is 3. The van der Waals surface area contributed by atoms with Gasteiger partial charge in [-0.3, -0.25) is 9.78 Å². The van der Waals surface area contributed by atoms with Crippen molar-refractivity contribution in [3.05, 3.63) is 38.5 Å². The van der Waals surface area contributed by atoms with Crippen LogP contribution in [0.5, 0.6) is 0 Å². The summed E-state index contributed by atoms with van der Waals surface area (Å²) in [5.41, 5.74) is 1.83. The van der Waals surface area contributed by atoms with Crippen LogP contribution < -0.4 is 5.32 Å². The highest BCUT2D eigenvalue weighted by Gasteiger charge is 2.38. The molecule has 2 N–H and O–H groups in total. The fraction of sp³-hybridized carbons (Fsp3) is 0.500. The molecule has 2 aromatic rings. The summed E-state index contributed by atoms with van der Waals surface area (Å²) in [5.74, 6) is -2.57. The molecule has 1 saturated heterocycles. The number of carboxylic acid groups (broad SMARTS) is 1. The van der Waals surface area contributed by atoms with Crippen LogP contribution in [0.15, 0.2) is 23.8 Å². The highest BCUT2D eigenvalue weighted by Crippen LogP contribution is 2.34. The molecule has 1 unspecified atom stereocenters. The van der Waals surface area contributed by atoms with E-state index in [1.54, 1.807) is 22.7 Å². The Bertz CT molecular complexity index is 829. The normalized spacial score (nSPS) is 18.8. The van der Waals surface area contributed by atoms with Gasteiger partial charge >= 0.3 is 12.1 Å². The number of rotatable bonds is 5. The molecule has 158 valence electrons. The molecule has 2 fully saturated rings. The molecule has 1 atom stereocenters. The Kier molecular flexibility index (Phi) is 6.91. The molecule has 0 radical (unpaired) electrons. The minimum absolute atomic E-state index is 0.185. The van der Waals surface area contributed by atoms with Crippen LogP contribution in [0.4, 0.5) is 13.2 Å². The molecule has 2 aromatic heterocycles. The Hall–Kier alpha value is -1.98. The Morgan fingerprint density at radius 3 is 2.52 bits per heavy atom. The first kappa shape index (κ1) is 21.7. The van der Waals surface area contributed by atoms with Gasteiger partial charge in [0, 0.05) is 28.0 Å². The van der Waals surface area contributed by atoms with Crippen molar-refractivity contribution in [2.75, 3.05) is 6.54 Å². The van der Waals surface area contributed by atoms with Crippen LogP contribution in [0.3, 0.4) is 0 Å². The van der Waals surface area contributed by atoms with Crippen molar-refractivity contribution in [2.45, 2.75) is 50.5 Å². The molecule has 0 aromatic carbocycles. The maximum absolute atomic E-state index is 12.9. The number of aromatic nitrogens is 1. The number of carbonyl (C=O) groups is 2. The first-order chi connectivity index (χ1) is 13.8. The minimum Gasteiger partial charge on any atom is -0.475 e. The maximum Gasteiger partial charge on any atom is 0.490 e. The largest absolute Gasteiger partial charge is 0.490 e. The highest BCUT2D eigenvalue weighted by atomic mass is 32.1. The standard InChI is InChI=1S/C16H19N3OS2.C2HF3O2/c20-16(15-6-5-14(22-15)13-2-1-7-18-13)19(11-3-4-11)9-12-8-17-10-21-12;3-2(4,5)1(6)7/h5-6,8,10-11,13,18H,1-4,7,9H2;(H,6,7). The lowest BCUT2D eigenvalue weighted by atomic mass is 10.2. The summed E-state index contributed by atoms with van der Waals surface area (Å²) < 4.78 is 31.7. The first-order valence-corrected chi connectivity index (χ1v) is 10.8.